The number of carbonyl (C=O) groups excluding carboxylic acids is 2. The molecule has 2 nitrogen and oxygen atoms in total. The zero-order valence-electron chi connectivity index (χ0n) is 11.1. The van der Waals surface area contributed by atoms with Crippen LogP contribution in [-0.2, 0) is 9.59 Å². The molecule has 4 heteroatoms. The first-order chi connectivity index (χ1) is 7.87. The number of ketones is 2. The Morgan fingerprint density at radius 1 is 1.41 bits per heavy atom. The Morgan fingerprint density at radius 2 is 2.06 bits per heavy atom. The van der Waals surface area contributed by atoms with Gasteiger partial charge in [0.15, 0.2) is 0 Å². The Morgan fingerprint density at radius 3 is 2.53 bits per heavy atom. The minimum atomic E-state index is -0.270. The molecule has 1 fully saturated rings. The molecule has 2 atom stereocenters. The molecule has 1 saturated heterocycles. The topological polar surface area (TPSA) is 34.1 Å². The maximum atomic E-state index is 12.0. The molecule has 0 aromatic heterocycles. The van der Waals surface area contributed by atoms with Crippen LogP contribution in [0, 0.1) is 11.3 Å². The van der Waals surface area contributed by atoms with E-state index in [1.54, 1.807) is 25.6 Å². The molecule has 1 aliphatic heterocycles. The van der Waals surface area contributed by atoms with Gasteiger partial charge in [-0.2, -0.15) is 23.5 Å². The van der Waals surface area contributed by atoms with Crippen molar-refractivity contribution in [1.29, 1.82) is 0 Å². The summed E-state index contributed by atoms with van der Waals surface area (Å²) in [6, 6.07) is 0. The lowest BCUT2D eigenvalue weighted by atomic mass is 9.78. The van der Waals surface area contributed by atoms with Crippen LogP contribution in [-0.4, -0.2) is 34.1 Å². The molecular formula is C13H22O2S2. The zero-order chi connectivity index (χ0) is 13.1. The highest BCUT2D eigenvalue weighted by Crippen LogP contribution is 2.41. The number of rotatable bonds is 5. The van der Waals surface area contributed by atoms with Crippen LogP contribution in [0.2, 0.25) is 0 Å². The lowest BCUT2D eigenvalue weighted by Crippen LogP contribution is -2.42. The third-order valence-corrected chi connectivity index (χ3v) is 6.13. The molecule has 0 aliphatic carbocycles. The van der Waals surface area contributed by atoms with Crippen LogP contribution in [0.5, 0.6) is 0 Å². The van der Waals surface area contributed by atoms with Crippen molar-refractivity contribution < 1.29 is 9.59 Å². The molecule has 0 saturated carbocycles. The van der Waals surface area contributed by atoms with E-state index in [0.717, 1.165) is 23.7 Å². The van der Waals surface area contributed by atoms with Gasteiger partial charge in [0.2, 0.25) is 0 Å². The van der Waals surface area contributed by atoms with Crippen LogP contribution in [0.1, 0.15) is 34.1 Å². The van der Waals surface area contributed by atoms with Gasteiger partial charge in [0, 0.05) is 28.6 Å². The van der Waals surface area contributed by atoms with Crippen LogP contribution in [0.15, 0.2) is 0 Å². The molecule has 0 N–H and O–H groups in total. The summed E-state index contributed by atoms with van der Waals surface area (Å²) < 4.78 is 0. The molecule has 17 heavy (non-hydrogen) atoms. The second-order valence-electron chi connectivity index (χ2n) is 5.22. The molecule has 98 valence electrons. The van der Waals surface area contributed by atoms with Crippen molar-refractivity contribution in [2.75, 3.05) is 17.3 Å². The Labute approximate surface area is 113 Å². The predicted molar refractivity (Wildman–Crippen MR) is 76.8 cm³/mol. The molecule has 0 bridgehead atoms. The fourth-order valence-corrected chi connectivity index (χ4v) is 4.79. The maximum Gasteiger partial charge on any atom is 0.137 e. The van der Waals surface area contributed by atoms with E-state index < -0.39 is 0 Å². The molecule has 1 rings (SSSR count). The average molecular weight is 274 g/mol. The molecule has 0 spiro atoms. The normalized spacial score (nSPS) is 29.4. The standard InChI is InChI=1S/C13H22O2S2/c1-9(2)17-8-13(11(4)15)5-12(10(3)14)6-16-7-13/h9,12H,5-8H2,1-4H3. The van der Waals surface area contributed by atoms with Crippen LogP contribution >= 0.6 is 23.5 Å². The van der Waals surface area contributed by atoms with Crippen LogP contribution in [0.25, 0.3) is 0 Å². The lowest BCUT2D eigenvalue weighted by Gasteiger charge is -2.38. The summed E-state index contributed by atoms with van der Waals surface area (Å²) in [7, 11) is 0. The van der Waals surface area contributed by atoms with Gasteiger partial charge >= 0.3 is 0 Å². The number of thioether (sulfide) groups is 2. The summed E-state index contributed by atoms with van der Waals surface area (Å²) in [6.07, 6.45) is 0.754. The third-order valence-electron chi connectivity index (χ3n) is 3.35. The minimum Gasteiger partial charge on any atom is -0.300 e. The van der Waals surface area contributed by atoms with Crippen molar-refractivity contribution in [3.63, 3.8) is 0 Å². The van der Waals surface area contributed by atoms with Crippen molar-refractivity contribution in [3.8, 4) is 0 Å². The largest absolute Gasteiger partial charge is 0.300 e. The monoisotopic (exact) mass is 274 g/mol. The predicted octanol–water partition coefficient (Wildman–Crippen LogP) is 3.05. The Bertz CT molecular complexity index is 302. The van der Waals surface area contributed by atoms with Crippen LogP contribution in [0.3, 0.4) is 0 Å². The van der Waals surface area contributed by atoms with Gasteiger partial charge in [-0.3, -0.25) is 9.59 Å². The average Bonchev–Trinajstić information content (AvgIpc) is 2.26. The van der Waals surface area contributed by atoms with E-state index in [-0.39, 0.29) is 22.9 Å². The number of Topliss-reactive ketones (excluding diaryl/α,β-unsaturated/α-hetero) is 2. The first-order valence-corrected chi connectivity index (χ1v) is 8.28. The fourth-order valence-electron chi connectivity index (χ4n) is 2.02. The van der Waals surface area contributed by atoms with Gasteiger partial charge in [0.1, 0.15) is 11.6 Å². The summed E-state index contributed by atoms with van der Waals surface area (Å²) in [6.45, 7) is 7.63. The quantitative estimate of drug-likeness (QED) is 0.771. The highest BCUT2D eigenvalue weighted by atomic mass is 32.2. The zero-order valence-corrected chi connectivity index (χ0v) is 12.7. The number of carbonyl (C=O) groups is 2. The van der Waals surface area contributed by atoms with E-state index in [4.69, 9.17) is 0 Å². The highest BCUT2D eigenvalue weighted by molar-refractivity contribution is 8.00. The highest BCUT2D eigenvalue weighted by Gasteiger charge is 2.42. The van der Waals surface area contributed by atoms with E-state index in [9.17, 15) is 9.59 Å². The van der Waals surface area contributed by atoms with Crippen molar-refractivity contribution in [2.45, 2.75) is 39.4 Å². The van der Waals surface area contributed by atoms with Gasteiger partial charge < -0.3 is 0 Å². The SMILES string of the molecule is CC(=O)C1CSCC(CSC(C)C)(C(C)=O)C1. The van der Waals surface area contributed by atoms with Gasteiger partial charge in [-0.05, 0) is 25.5 Å². The van der Waals surface area contributed by atoms with E-state index in [2.05, 4.69) is 13.8 Å². The third kappa shape index (κ3) is 4.02. The van der Waals surface area contributed by atoms with Gasteiger partial charge in [-0.1, -0.05) is 13.8 Å². The smallest absolute Gasteiger partial charge is 0.137 e. The number of hydrogen-bond acceptors (Lipinski definition) is 4. The number of hydrogen-bond donors (Lipinski definition) is 0. The Kier molecular flexibility index (Phi) is 5.58. The molecular weight excluding hydrogens is 252 g/mol. The summed E-state index contributed by atoms with van der Waals surface area (Å²) in [5, 5.41) is 0.536. The van der Waals surface area contributed by atoms with Crippen molar-refractivity contribution in [2.24, 2.45) is 11.3 Å². The Balaban J connectivity index is 2.76. The van der Waals surface area contributed by atoms with Gasteiger partial charge in [0.25, 0.3) is 0 Å². The first-order valence-electron chi connectivity index (χ1n) is 6.08. The summed E-state index contributed by atoms with van der Waals surface area (Å²) >= 11 is 3.60. The summed E-state index contributed by atoms with van der Waals surface area (Å²) in [5.74, 6) is 3.19. The summed E-state index contributed by atoms with van der Waals surface area (Å²) in [5.41, 5.74) is -0.270. The molecule has 1 aliphatic rings. The van der Waals surface area contributed by atoms with Crippen molar-refractivity contribution in [3.05, 3.63) is 0 Å². The van der Waals surface area contributed by atoms with Crippen LogP contribution < -0.4 is 0 Å². The van der Waals surface area contributed by atoms with E-state index in [1.165, 1.54) is 0 Å². The minimum absolute atomic E-state index is 0.0745. The molecule has 1 heterocycles. The van der Waals surface area contributed by atoms with Crippen LogP contribution in [0.4, 0.5) is 0 Å². The van der Waals surface area contributed by atoms with E-state index >= 15 is 0 Å². The summed E-state index contributed by atoms with van der Waals surface area (Å²) in [4.78, 5) is 23.5. The Hall–Kier alpha value is 0.0400. The lowest BCUT2D eigenvalue weighted by molar-refractivity contribution is -0.127. The molecule has 0 aromatic rings. The second-order valence-corrected chi connectivity index (χ2v) is 7.82. The van der Waals surface area contributed by atoms with Gasteiger partial charge in [-0.15, -0.1) is 0 Å². The molecule has 0 amide bonds. The van der Waals surface area contributed by atoms with Gasteiger partial charge in [-0.25, -0.2) is 0 Å². The molecule has 2 unspecified atom stereocenters. The van der Waals surface area contributed by atoms with E-state index in [0.29, 0.717) is 5.25 Å². The van der Waals surface area contributed by atoms with Gasteiger partial charge in [0.05, 0.1) is 0 Å². The molecule has 0 radical (unpaired) electrons. The molecule has 0 aromatic carbocycles. The second kappa shape index (κ2) is 6.28. The van der Waals surface area contributed by atoms with Crippen molar-refractivity contribution in [1.82, 2.24) is 0 Å². The van der Waals surface area contributed by atoms with Crippen molar-refractivity contribution >= 4 is 35.1 Å². The maximum absolute atomic E-state index is 12.0. The first kappa shape index (κ1) is 15.1. The van der Waals surface area contributed by atoms with E-state index in [1.807, 2.05) is 11.8 Å². The fraction of sp³-hybridized carbons (Fsp3) is 0.846.